The monoisotopic (exact) mass is 734 g/mol. The van der Waals surface area contributed by atoms with Gasteiger partial charge in [-0.1, -0.05) is 48.3 Å². The molecule has 2 fully saturated rings. The lowest BCUT2D eigenvalue weighted by Crippen LogP contribution is -2.47. The molecule has 3 aliphatic rings. The highest BCUT2D eigenvalue weighted by atomic mass is 79.9. The number of benzene rings is 1. The lowest BCUT2D eigenvalue weighted by atomic mass is 9.76. The molecule has 7 nitrogen and oxygen atoms in total. The van der Waals surface area contributed by atoms with Crippen molar-refractivity contribution in [2.24, 2.45) is 17.3 Å². The Balaban J connectivity index is 1.17. The highest BCUT2D eigenvalue weighted by Gasteiger charge is 2.36. The van der Waals surface area contributed by atoms with Gasteiger partial charge in [-0.05, 0) is 108 Å². The number of piperidine rings is 2. The molecule has 10 heteroatoms. The third-order valence-electron chi connectivity index (χ3n) is 9.28. The SMILES string of the molecule is CC(C)(C)C(=O)NCC(=O)N1CCC(C(=O)CN2CCC([C@H]3c4ncc(Br)cc4CCc4cc(Cl)cc(Br)c43)CC2)CC1. The third-order valence-corrected chi connectivity index (χ3v) is 10.6. The first-order valence-corrected chi connectivity index (χ1v) is 17.3. The Hall–Kier alpha value is -1.81. The standard InChI is InChI=1S/C33H41Br2ClN4O3/c1-33(2,3)32(43)38-18-28(42)40-12-8-20(9-13-40)27(41)19-39-10-6-21(7-11-39)30-29-22(15-25(36)16-26(29)35)4-5-23-14-24(34)17-37-31(23)30/h14-17,20-21,30H,4-13,18-19H2,1-3H3,(H,38,43)/t30-/m1/s1. The second-order valence-electron chi connectivity index (χ2n) is 13.3. The van der Waals surface area contributed by atoms with Crippen molar-refractivity contribution < 1.29 is 14.4 Å². The van der Waals surface area contributed by atoms with E-state index < -0.39 is 5.41 Å². The fraction of sp³-hybridized carbons (Fsp3) is 0.576. The number of ketones is 1. The van der Waals surface area contributed by atoms with Gasteiger partial charge >= 0.3 is 0 Å². The number of Topliss-reactive ketones (excluding diaryl/α,β-unsaturated/α-hetero) is 1. The Morgan fingerprint density at radius 1 is 0.977 bits per heavy atom. The van der Waals surface area contributed by atoms with Crippen LogP contribution in [0.1, 0.15) is 74.8 Å². The topological polar surface area (TPSA) is 82.6 Å². The van der Waals surface area contributed by atoms with Crippen molar-refractivity contribution in [3.05, 3.63) is 60.7 Å². The van der Waals surface area contributed by atoms with Gasteiger partial charge < -0.3 is 10.2 Å². The summed E-state index contributed by atoms with van der Waals surface area (Å²) in [6.07, 6.45) is 7.13. The van der Waals surface area contributed by atoms with E-state index in [1.807, 2.05) is 33.0 Å². The Morgan fingerprint density at radius 3 is 2.33 bits per heavy atom. The maximum Gasteiger partial charge on any atom is 0.241 e. The molecule has 232 valence electrons. The van der Waals surface area contributed by atoms with Gasteiger partial charge in [0.25, 0.3) is 0 Å². The van der Waals surface area contributed by atoms with Crippen molar-refractivity contribution >= 4 is 61.1 Å². The second-order valence-corrected chi connectivity index (χ2v) is 15.5. The van der Waals surface area contributed by atoms with Gasteiger partial charge in [0.05, 0.1) is 18.8 Å². The number of amides is 2. The quantitative estimate of drug-likeness (QED) is 0.384. The van der Waals surface area contributed by atoms with Gasteiger partial charge in [0.15, 0.2) is 0 Å². The summed E-state index contributed by atoms with van der Waals surface area (Å²) in [6, 6.07) is 6.33. The van der Waals surface area contributed by atoms with E-state index in [0.29, 0.717) is 38.4 Å². The molecule has 1 aromatic carbocycles. The highest BCUT2D eigenvalue weighted by molar-refractivity contribution is 9.10. The molecule has 0 saturated carbocycles. The molecule has 0 radical (unpaired) electrons. The minimum atomic E-state index is -0.529. The van der Waals surface area contributed by atoms with Crippen LogP contribution in [0.25, 0.3) is 0 Å². The molecule has 0 bridgehead atoms. The van der Waals surface area contributed by atoms with Gasteiger partial charge in [-0.15, -0.1) is 0 Å². The van der Waals surface area contributed by atoms with Crippen LogP contribution in [0.4, 0.5) is 0 Å². The number of likely N-dealkylation sites (tertiary alicyclic amines) is 2. The predicted octanol–water partition coefficient (Wildman–Crippen LogP) is 6.17. The van der Waals surface area contributed by atoms with Crippen LogP contribution in [0.5, 0.6) is 0 Å². The summed E-state index contributed by atoms with van der Waals surface area (Å²) in [5.74, 6) is 0.642. The van der Waals surface area contributed by atoms with Gasteiger partial charge in [0, 0.05) is 50.5 Å². The molecule has 1 atom stereocenters. The molecule has 1 aliphatic carbocycles. The number of rotatable bonds is 6. The number of pyridine rings is 1. The lowest BCUT2D eigenvalue weighted by molar-refractivity contribution is -0.137. The van der Waals surface area contributed by atoms with E-state index in [0.717, 1.165) is 52.7 Å². The van der Waals surface area contributed by atoms with Crippen molar-refractivity contribution in [3.63, 3.8) is 0 Å². The van der Waals surface area contributed by atoms with Crippen LogP contribution >= 0.6 is 43.5 Å². The number of fused-ring (bicyclic) bond motifs is 2. The van der Waals surface area contributed by atoms with Crippen LogP contribution in [-0.4, -0.2) is 71.6 Å². The molecule has 0 unspecified atom stereocenters. The molecule has 2 aliphatic heterocycles. The Kier molecular flexibility index (Phi) is 10.4. The van der Waals surface area contributed by atoms with Gasteiger partial charge in [-0.2, -0.15) is 0 Å². The van der Waals surface area contributed by atoms with Crippen LogP contribution in [0.3, 0.4) is 0 Å². The number of nitrogens with zero attached hydrogens (tertiary/aromatic N) is 3. The van der Waals surface area contributed by atoms with E-state index in [1.54, 1.807) is 4.90 Å². The van der Waals surface area contributed by atoms with Gasteiger partial charge in [0.2, 0.25) is 11.8 Å². The van der Waals surface area contributed by atoms with E-state index in [1.165, 1.54) is 22.4 Å². The summed E-state index contributed by atoms with van der Waals surface area (Å²) in [4.78, 5) is 47.1. The predicted molar refractivity (Wildman–Crippen MR) is 176 cm³/mol. The lowest BCUT2D eigenvalue weighted by Gasteiger charge is -2.38. The van der Waals surface area contributed by atoms with E-state index >= 15 is 0 Å². The minimum absolute atomic E-state index is 0.00993. The van der Waals surface area contributed by atoms with E-state index in [9.17, 15) is 14.4 Å². The Morgan fingerprint density at radius 2 is 1.65 bits per heavy atom. The molecule has 2 aromatic rings. The zero-order chi connectivity index (χ0) is 30.9. The van der Waals surface area contributed by atoms with Gasteiger partial charge in [-0.25, -0.2) is 0 Å². The first-order valence-electron chi connectivity index (χ1n) is 15.3. The van der Waals surface area contributed by atoms with Crippen LogP contribution in [0.2, 0.25) is 5.02 Å². The number of carbonyl (C=O) groups excluding carboxylic acids is 3. The molecule has 2 saturated heterocycles. The van der Waals surface area contributed by atoms with Crippen molar-refractivity contribution in [1.82, 2.24) is 20.1 Å². The zero-order valence-corrected chi connectivity index (χ0v) is 29.2. The summed E-state index contributed by atoms with van der Waals surface area (Å²) in [6.45, 7) is 8.84. The molecule has 1 N–H and O–H groups in total. The number of aromatic nitrogens is 1. The van der Waals surface area contributed by atoms with Gasteiger partial charge in [-0.3, -0.25) is 24.3 Å². The summed E-state index contributed by atoms with van der Waals surface area (Å²) in [7, 11) is 0. The maximum atomic E-state index is 13.3. The molecule has 5 rings (SSSR count). The third kappa shape index (κ3) is 7.71. The number of hydrogen-bond donors (Lipinski definition) is 1. The van der Waals surface area contributed by atoms with Crippen molar-refractivity contribution in [2.45, 2.75) is 65.2 Å². The van der Waals surface area contributed by atoms with E-state index in [4.69, 9.17) is 16.6 Å². The maximum absolute atomic E-state index is 13.3. The van der Waals surface area contributed by atoms with Crippen molar-refractivity contribution in [2.75, 3.05) is 39.3 Å². The summed E-state index contributed by atoms with van der Waals surface area (Å²) in [5.41, 5.74) is 4.53. The van der Waals surface area contributed by atoms with Crippen LogP contribution in [0, 0.1) is 17.3 Å². The number of hydrogen-bond acceptors (Lipinski definition) is 5. The smallest absolute Gasteiger partial charge is 0.241 e. The molecule has 0 spiro atoms. The first kappa shape index (κ1) is 32.6. The first-order chi connectivity index (χ1) is 20.4. The van der Waals surface area contributed by atoms with E-state index in [2.05, 4.69) is 54.2 Å². The van der Waals surface area contributed by atoms with Crippen LogP contribution in [-0.2, 0) is 27.2 Å². The van der Waals surface area contributed by atoms with Crippen molar-refractivity contribution in [3.8, 4) is 0 Å². The summed E-state index contributed by atoms with van der Waals surface area (Å²) < 4.78 is 2.06. The van der Waals surface area contributed by atoms with Gasteiger partial charge in [0.1, 0.15) is 5.78 Å². The molecule has 1 aromatic heterocycles. The second kappa shape index (κ2) is 13.7. The van der Waals surface area contributed by atoms with Crippen LogP contribution in [0.15, 0.2) is 33.3 Å². The normalized spacial score (nSPS) is 20.2. The molecular formula is C33H41Br2ClN4O3. The average molecular weight is 737 g/mol. The van der Waals surface area contributed by atoms with Crippen LogP contribution < -0.4 is 5.32 Å². The highest BCUT2D eigenvalue weighted by Crippen LogP contribution is 2.46. The number of carbonyl (C=O) groups is 3. The average Bonchev–Trinajstić information content (AvgIpc) is 3.12. The number of aryl methyl sites for hydroxylation is 2. The van der Waals surface area contributed by atoms with Crippen molar-refractivity contribution in [1.29, 1.82) is 0 Å². The zero-order valence-electron chi connectivity index (χ0n) is 25.2. The van der Waals surface area contributed by atoms with E-state index in [-0.39, 0.29) is 36.0 Å². The summed E-state index contributed by atoms with van der Waals surface area (Å²) in [5, 5.41) is 3.49. The minimum Gasteiger partial charge on any atom is -0.347 e. The Labute approximate surface area is 276 Å². The fourth-order valence-corrected chi connectivity index (χ4v) is 8.31. The molecule has 2 amide bonds. The molecular weight excluding hydrogens is 696 g/mol. The summed E-state index contributed by atoms with van der Waals surface area (Å²) >= 11 is 13.9. The number of nitrogens with one attached hydrogen (secondary N) is 1. The Bertz CT molecular complexity index is 1380. The largest absolute Gasteiger partial charge is 0.347 e. The molecule has 3 heterocycles. The molecule has 43 heavy (non-hydrogen) atoms. The number of halogens is 3. The fourth-order valence-electron chi connectivity index (χ4n) is 6.81.